The van der Waals surface area contributed by atoms with Gasteiger partial charge in [-0.3, -0.25) is 9.45 Å². The molecule has 1 saturated carbocycles. The largest absolute Gasteiger partial charge is 0.508 e. The molecule has 4 rings (SSSR count). The number of likely N-dealkylation sites (tertiary alicyclic amines) is 1. The zero-order valence-electron chi connectivity index (χ0n) is 19.3. The Morgan fingerprint density at radius 2 is 1.94 bits per heavy atom. The van der Waals surface area contributed by atoms with Crippen molar-refractivity contribution in [1.82, 2.24) is 4.90 Å². The molecule has 0 amide bonds. The Labute approximate surface area is 187 Å². The number of fused-ring (bicyclic) bond motifs is 4. The van der Waals surface area contributed by atoms with Crippen LogP contribution in [0.5, 0.6) is 5.75 Å². The molecule has 1 heterocycles. The average molecular weight is 454 g/mol. The standard InChI is InChI=1S/C23H35NO2.CH4O3S/c1-4-22(2,26)10-9-19-21-13-17-7-8-18(25)14-20(17)23(19,3)11-12-24(21)15-16-5-6-16;1-5(2,3)4/h7-8,14,16,19,21,25-26H,4-6,9-13,15H2,1-3H3;1H3,(H,2,3,4)/t19-,21-,22?,23+;/m1./s1. The van der Waals surface area contributed by atoms with Gasteiger partial charge in [0.25, 0.3) is 10.1 Å². The maximum Gasteiger partial charge on any atom is 0.261 e. The fraction of sp³-hybridized carbons (Fsp3) is 0.750. The number of piperidine rings is 1. The molecule has 31 heavy (non-hydrogen) atoms. The third kappa shape index (κ3) is 6.21. The van der Waals surface area contributed by atoms with Gasteiger partial charge in [-0.15, -0.1) is 0 Å². The first kappa shape index (κ1) is 24.5. The molecule has 7 heteroatoms. The summed E-state index contributed by atoms with van der Waals surface area (Å²) in [5.41, 5.74) is 2.33. The molecule has 6 nitrogen and oxygen atoms in total. The van der Waals surface area contributed by atoms with E-state index >= 15 is 0 Å². The Kier molecular flexibility index (Phi) is 7.11. The lowest BCUT2D eigenvalue weighted by Gasteiger charge is -2.56. The third-order valence-electron chi connectivity index (χ3n) is 7.75. The third-order valence-corrected chi connectivity index (χ3v) is 7.75. The first-order valence-corrected chi connectivity index (χ1v) is 13.4. The highest BCUT2D eigenvalue weighted by molar-refractivity contribution is 7.85. The van der Waals surface area contributed by atoms with Gasteiger partial charge in [0.2, 0.25) is 0 Å². The smallest absolute Gasteiger partial charge is 0.261 e. The van der Waals surface area contributed by atoms with E-state index < -0.39 is 15.7 Å². The quantitative estimate of drug-likeness (QED) is 0.568. The van der Waals surface area contributed by atoms with Crippen LogP contribution in [0.4, 0.5) is 0 Å². The van der Waals surface area contributed by atoms with Gasteiger partial charge < -0.3 is 10.2 Å². The molecule has 1 aromatic carbocycles. The molecule has 2 fully saturated rings. The van der Waals surface area contributed by atoms with Crippen molar-refractivity contribution in [3.63, 3.8) is 0 Å². The molecule has 1 aromatic rings. The first-order valence-electron chi connectivity index (χ1n) is 11.5. The minimum absolute atomic E-state index is 0.112. The van der Waals surface area contributed by atoms with Crippen molar-refractivity contribution in [3.05, 3.63) is 29.3 Å². The highest BCUT2D eigenvalue weighted by atomic mass is 32.2. The fourth-order valence-corrected chi connectivity index (χ4v) is 5.52. The van der Waals surface area contributed by atoms with Crippen molar-refractivity contribution in [2.75, 3.05) is 19.3 Å². The molecule has 1 unspecified atom stereocenters. The number of rotatable bonds is 6. The summed E-state index contributed by atoms with van der Waals surface area (Å²) in [5, 5.41) is 20.7. The number of aliphatic hydroxyl groups is 1. The van der Waals surface area contributed by atoms with Gasteiger partial charge in [-0.25, -0.2) is 0 Å². The number of phenolic OH excluding ortho intramolecular Hbond substituents is 1. The Morgan fingerprint density at radius 1 is 1.29 bits per heavy atom. The normalized spacial score (nSPS) is 30.0. The van der Waals surface area contributed by atoms with E-state index in [0.717, 1.165) is 38.0 Å². The number of benzene rings is 1. The van der Waals surface area contributed by atoms with Gasteiger partial charge in [-0.05, 0) is 98.9 Å². The number of phenols is 1. The predicted octanol–water partition coefficient (Wildman–Crippen LogP) is 3.75. The van der Waals surface area contributed by atoms with Crippen molar-refractivity contribution in [2.24, 2.45) is 11.8 Å². The average Bonchev–Trinajstić information content (AvgIpc) is 3.47. The van der Waals surface area contributed by atoms with Crippen LogP contribution in [0, 0.1) is 11.8 Å². The van der Waals surface area contributed by atoms with E-state index in [2.05, 4.69) is 24.8 Å². The van der Waals surface area contributed by atoms with Crippen LogP contribution in [0.25, 0.3) is 0 Å². The summed E-state index contributed by atoms with van der Waals surface area (Å²) in [4.78, 5) is 2.76. The molecule has 2 aliphatic carbocycles. The molecule has 4 atom stereocenters. The highest BCUT2D eigenvalue weighted by Crippen LogP contribution is 2.52. The molecule has 0 spiro atoms. The summed E-state index contributed by atoms with van der Waals surface area (Å²) in [6.07, 6.45) is 8.52. The molecule has 0 aromatic heterocycles. The van der Waals surface area contributed by atoms with Gasteiger partial charge in [-0.1, -0.05) is 19.9 Å². The molecule has 176 valence electrons. The van der Waals surface area contributed by atoms with Crippen molar-refractivity contribution in [2.45, 2.75) is 82.8 Å². The topological polar surface area (TPSA) is 98.1 Å². The zero-order chi connectivity index (χ0) is 23.0. The highest BCUT2D eigenvalue weighted by Gasteiger charge is 2.51. The van der Waals surface area contributed by atoms with Gasteiger partial charge in [-0.2, -0.15) is 8.42 Å². The van der Waals surface area contributed by atoms with Crippen LogP contribution in [0.2, 0.25) is 0 Å². The lowest BCUT2D eigenvalue weighted by atomic mass is 9.56. The predicted molar refractivity (Wildman–Crippen MR) is 123 cm³/mol. The molecule has 3 N–H and O–H groups in total. The van der Waals surface area contributed by atoms with Crippen LogP contribution in [0.3, 0.4) is 0 Å². The Morgan fingerprint density at radius 3 is 2.52 bits per heavy atom. The lowest BCUT2D eigenvalue weighted by molar-refractivity contribution is -0.0110. The second-order valence-corrected chi connectivity index (χ2v) is 11.9. The van der Waals surface area contributed by atoms with Crippen molar-refractivity contribution >= 4 is 10.1 Å². The van der Waals surface area contributed by atoms with Crippen molar-refractivity contribution in [1.29, 1.82) is 0 Å². The molecule has 0 radical (unpaired) electrons. The van der Waals surface area contributed by atoms with Gasteiger partial charge in [0.15, 0.2) is 0 Å². The van der Waals surface area contributed by atoms with E-state index in [0.29, 0.717) is 24.0 Å². The molecule has 1 aliphatic heterocycles. The van der Waals surface area contributed by atoms with Crippen LogP contribution < -0.4 is 0 Å². The van der Waals surface area contributed by atoms with Gasteiger partial charge in [0.1, 0.15) is 5.75 Å². The Hall–Kier alpha value is -1.15. The van der Waals surface area contributed by atoms with E-state index in [9.17, 15) is 18.6 Å². The van der Waals surface area contributed by atoms with Crippen LogP contribution in [0.1, 0.15) is 70.4 Å². The summed E-state index contributed by atoms with van der Waals surface area (Å²) in [5.74, 6) is 1.87. The van der Waals surface area contributed by atoms with Crippen LogP contribution >= 0.6 is 0 Å². The van der Waals surface area contributed by atoms with E-state index in [1.54, 1.807) is 0 Å². The Bertz CT molecular complexity index is 872. The van der Waals surface area contributed by atoms with Crippen LogP contribution in [-0.2, 0) is 22.0 Å². The van der Waals surface area contributed by atoms with Gasteiger partial charge in [0, 0.05) is 12.6 Å². The SMILES string of the molecule is CCC(C)(O)CC[C@@H]1[C@H]2Cc3ccc(O)cc3[C@@]1(C)CCN2CC1CC1.CS(=O)(=O)O. The van der Waals surface area contributed by atoms with Crippen molar-refractivity contribution < 1.29 is 23.2 Å². The van der Waals surface area contributed by atoms with Crippen LogP contribution in [-0.4, -0.2) is 59.1 Å². The number of hydrogen-bond donors (Lipinski definition) is 3. The zero-order valence-corrected chi connectivity index (χ0v) is 20.2. The monoisotopic (exact) mass is 453 g/mol. The first-order chi connectivity index (χ1) is 14.3. The number of aromatic hydroxyl groups is 1. The van der Waals surface area contributed by atoms with Gasteiger partial charge >= 0.3 is 0 Å². The van der Waals surface area contributed by atoms with Crippen LogP contribution in [0.15, 0.2) is 18.2 Å². The molecule has 3 aliphatic rings. The molecule has 1 saturated heterocycles. The summed E-state index contributed by atoms with van der Waals surface area (Å²) in [6.45, 7) is 8.91. The minimum atomic E-state index is -3.67. The fourth-order valence-electron chi connectivity index (χ4n) is 5.52. The van der Waals surface area contributed by atoms with E-state index in [1.165, 1.54) is 37.1 Å². The maximum absolute atomic E-state index is 10.6. The minimum Gasteiger partial charge on any atom is -0.508 e. The summed E-state index contributed by atoms with van der Waals surface area (Å²) < 4.78 is 25.9. The Balaban J connectivity index is 0.000000491. The molecular weight excluding hydrogens is 414 g/mol. The lowest BCUT2D eigenvalue weighted by Crippen LogP contribution is -2.59. The van der Waals surface area contributed by atoms with Crippen molar-refractivity contribution in [3.8, 4) is 5.75 Å². The summed E-state index contributed by atoms with van der Waals surface area (Å²) in [7, 11) is -3.67. The molecule has 2 bridgehead atoms. The second kappa shape index (κ2) is 9.00. The molecular formula is C24H39NO5S. The van der Waals surface area contributed by atoms with Gasteiger partial charge in [0.05, 0.1) is 11.9 Å². The second-order valence-electron chi connectivity index (χ2n) is 10.4. The van der Waals surface area contributed by atoms with E-state index in [4.69, 9.17) is 4.55 Å². The summed E-state index contributed by atoms with van der Waals surface area (Å²) in [6, 6.07) is 6.60. The van der Waals surface area contributed by atoms with E-state index in [1.807, 2.05) is 19.1 Å². The number of hydrogen-bond acceptors (Lipinski definition) is 5. The summed E-state index contributed by atoms with van der Waals surface area (Å²) >= 11 is 0. The van der Waals surface area contributed by atoms with E-state index in [-0.39, 0.29) is 5.41 Å². The number of nitrogens with zero attached hydrogens (tertiary/aromatic N) is 1. The maximum atomic E-state index is 10.6.